The first-order valence-electron chi connectivity index (χ1n) is 12.6. The molecule has 204 valence electrons. The number of rotatable bonds is 7. The Labute approximate surface area is 222 Å². The maximum atomic E-state index is 14.2. The number of halogens is 3. The summed E-state index contributed by atoms with van der Waals surface area (Å²) in [5, 5.41) is 16.9. The standard InChI is InChI=1S/C28H28F3N5O3/c1-3-33-24-12-23(19-8-17(2)9-20(10-19)26-13-32-16-39-26)34-36(27(24)38)25-11-21(4-5-22(25)28(29,30)31)35-7-6-18(14-35)15-37/h4-5,8-13,16,18,33,37H,3,6-7,14-15H2,1-2H3. The van der Waals surface area contributed by atoms with Gasteiger partial charge in [0.25, 0.3) is 5.56 Å². The Balaban J connectivity index is 1.70. The van der Waals surface area contributed by atoms with Crippen molar-refractivity contribution in [2.75, 3.05) is 36.5 Å². The molecule has 0 spiro atoms. The van der Waals surface area contributed by atoms with Crippen LogP contribution in [0.15, 0.2) is 64.3 Å². The average Bonchev–Trinajstić information content (AvgIpc) is 3.61. The van der Waals surface area contributed by atoms with Gasteiger partial charge >= 0.3 is 6.18 Å². The lowest BCUT2D eigenvalue weighted by atomic mass is 10.0. The molecule has 5 rings (SSSR count). The van der Waals surface area contributed by atoms with Crippen LogP contribution < -0.4 is 15.8 Å². The Morgan fingerprint density at radius 2 is 1.95 bits per heavy atom. The minimum atomic E-state index is -4.72. The van der Waals surface area contributed by atoms with Gasteiger partial charge in [-0.2, -0.15) is 23.0 Å². The fourth-order valence-electron chi connectivity index (χ4n) is 4.90. The van der Waals surface area contributed by atoms with Crippen LogP contribution in [0.25, 0.3) is 28.3 Å². The van der Waals surface area contributed by atoms with Crippen LogP contribution in [0.5, 0.6) is 0 Å². The van der Waals surface area contributed by atoms with E-state index in [1.807, 2.05) is 24.0 Å². The number of alkyl halides is 3. The van der Waals surface area contributed by atoms with E-state index in [1.165, 1.54) is 18.5 Å². The molecule has 1 fully saturated rings. The number of anilines is 2. The second-order valence-electron chi connectivity index (χ2n) is 9.63. The Bertz CT molecular complexity index is 1530. The van der Waals surface area contributed by atoms with Gasteiger partial charge in [0.15, 0.2) is 12.2 Å². The Hall–Kier alpha value is -4.12. The number of aliphatic hydroxyl groups excluding tert-OH is 1. The molecule has 3 heterocycles. The summed E-state index contributed by atoms with van der Waals surface area (Å²) in [5.41, 5.74) is 1.14. The molecule has 2 N–H and O–H groups in total. The van der Waals surface area contributed by atoms with Gasteiger partial charge < -0.3 is 19.7 Å². The summed E-state index contributed by atoms with van der Waals surface area (Å²) in [7, 11) is 0. The van der Waals surface area contributed by atoms with Crippen LogP contribution in [-0.2, 0) is 6.18 Å². The van der Waals surface area contributed by atoms with Crippen LogP contribution in [0.4, 0.5) is 24.5 Å². The van der Waals surface area contributed by atoms with Crippen molar-refractivity contribution in [3.05, 3.63) is 76.5 Å². The number of nitrogens with one attached hydrogen (secondary N) is 1. The second kappa shape index (κ2) is 10.6. The predicted molar refractivity (Wildman–Crippen MR) is 142 cm³/mol. The average molecular weight is 540 g/mol. The predicted octanol–water partition coefficient (Wildman–Crippen LogP) is 5.13. The number of oxazole rings is 1. The molecule has 1 unspecified atom stereocenters. The van der Waals surface area contributed by atoms with Gasteiger partial charge in [0, 0.05) is 49.0 Å². The maximum Gasteiger partial charge on any atom is 0.418 e. The molecule has 1 atom stereocenters. The third kappa shape index (κ3) is 5.40. The first-order valence-corrected chi connectivity index (χ1v) is 12.6. The van der Waals surface area contributed by atoms with E-state index in [1.54, 1.807) is 25.3 Å². The molecule has 0 amide bonds. The lowest BCUT2D eigenvalue weighted by Crippen LogP contribution is -2.28. The van der Waals surface area contributed by atoms with Crippen molar-refractivity contribution in [2.45, 2.75) is 26.4 Å². The topological polar surface area (TPSA) is 96.4 Å². The molecule has 8 nitrogen and oxygen atoms in total. The first-order chi connectivity index (χ1) is 18.7. The molecule has 2 aromatic carbocycles. The van der Waals surface area contributed by atoms with Gasteiger partial charge in [-0.05, 0) is 68.3 Å². The van der Waals surface area contributed by atoms with Crippen molar-refractivity contribution in [1.29, 1.82) is 0 Å². The smallest absolute Gasteiger partial charge is 0.418 e. The van der Waals surface area contributed by atoms with Gasteiger partial charge in [-0.15, -0.1) is 0 Å². The second-order valence-corrected chi connectivity index (χ2v) is 9.63. The van der Waals surface area contributed by atoms with Crippen molar-refractivity contribution >= 4 is 11.4 Å². The zero-order valence-electron chi connectivity index (χ0n) is 21.5. The molecule has 0 radical (unpaired) electrons. The van der Waals surface area contributed by atoms with E-state index in [2.05, 4.69) is 15.4 Å². The molecule has 11 heteroatoms. The Morgan fingerprint density at radius 1 is 1.15 bits per heavy atom. The Kier molecular flexibility index (Phi) is 7.17. The fourth-order valence-corrected chi connectivity index (χ4v) is 4.90. The number of hydrogen-bond donors (Lipinski definition) is 2. The third-order valence-corrected chi connectivity index (χ3v) is 6.79. The minimum absolute atomic E-state index is 0.00560. The zero-order valence-corrected chi connectivity index (χ0v) is 21.5. The number of aromatic nitrogens is 3. The van der Waals surface area contributed by atoms with Crippen LogP contribution in [0.2, 0.25) is 0 Å². The molecule has 1 aliphatic heterocycles. The lowest BCUT2D eigenvalue weighted by Gasteiger charge is -2.22. The summed E-state index contributed by atoms with van der Waals surface area (Å²) in [6, 6.07) is 10.8. The molecule has 2 aromatic heterocycles. The first kappa shape index (κ1) is 26.5. The normalized spacial score (nSPS) is 15.6. The highest BCUT2D eigenvalue weighted by atomic mass is 19.4. The van der Waals surface area contributed by atoms with Crippen LogP contribution in [0.1, 0.15) is 24.5 Å². The van der Waals surface area contributed by atoms with Gasteiger partial charge in [-0.25, -0.2) is 4.98 Å². The molecule has 1 saturated heterocycles. The van der Waals surface area contributed by atoms with Gasteiger partial charge in [-0.1, -0.05) is 0 Å². The lowest BCUT2D eigenvalue weighted by molar-refractivity contribution is -0.137. The molecule has 1 aliphatic rings. The van der Waals surface area contributed by atoms with Crippen LogP contribution >= 0.6 is 0 Å². The monoisotopic (exact) mass is 539 g/mol. The largest absolute Gasteiger partial charge is 0.444 e. The number of aryl methyl sites for hydroxylation is 1. The van der Waals surface area contributed by atoms with Crippen molar-refractivity contribution in [3.8, 4) is 28.3 Å². The van der Waals surface area contributed by atoms with Gasteiger partial charge in [-0.3, -0.25) is 4.79 Å². The SMILES string of the molecule is CCNc1cc(-c2cc(C)cc(-c3cnco3)c2)nn(-c2cc(N3CCC(CO)C3)ccc2C(F)(F)F)c1=O. The number of nitrogens with zero attached hydrogens (tertiary/aromatic N) is 4. The summed E-state index contributed by atoms with van der Waals surface area (Å²) in [6.45, 7) is 5.18. The summed E-state index contributed by atoms with van der Waals surface area (Å²) in [5.74, 6) is 0.569. The third-order valence-electron chi connectivity index (χ3n) is 6.79. The van der Waals surface area contributed by atoms with Crippen molar-refractivity contribution in [1.82, 2.24) is 14.8 Å². The minimum Gasteiger partial charge on any atom is -0.444 e. The fraction of sp³-hybridized carbons (Fsp3) is 0.321. The van der Waals surface area contributed by atoms with Gasteiger partial charge in [0.1, 0.15) is 5.69 Å². The molecule has 39 heavy (non-hydrogen) atoms. The van der Waals surface area contributed by atoms with E-state index in [9.17, 15) is 23.1 Å². The summed E-state index contributed by atoms with van der Waals surface area (Å²) >= 11 is 0. The van der Waals surface area contributed by atoms with Crippen molar-refractivity contribution in [2.24, 2.45) is 5.92 Å². The quantitative estimate of drug-likeness (QED) is 0.336. The van der Waals surface area contributed by atoms with E-state index < -0.39 is 17.3 Å². The van der Waals surface area contributed by atoms with Gasteiger partial charge in [0.2, 0.25) is 0 Å². The molecule has 0 bridgehead atoms. The van der Waals surface area contributed by atoms with E-state index in [-0.39, 0.29) is 23.9 Å². The number of hydrogen-bond acceptors (Lipinski definition) is 7. The zero-order chi connectivity index (χ0) is 27.7. The summed E-state index contributed by atoms with van der Waals surface area (Å²) < 4.78 is 48.9. The van der Waals surface area contributed by atoms with E-state index >= 15 is 0 Å². The van der Waals surface area contributed by atoms with Crippen LogP contribution in [0.3, 0.4) is 0 Å². The highest BCUT2D eigenvalue weighted by molar-refractivity contribution is 5.71. The molecular formula is C28H28F3N5O3. The maximum absolute atomic E-state index is 14.2. The molecule has 0 aliphatic carbocycles. The van der Waals surface area contributed by atoms with Crippen molar-refractivity contribution in [3.63, 3.8) is 0 Å². The number of aliphatic hydroxyl groups is 1. The van der Waals surface area contributed by atoms with Crippen molar-refractivity contribution < 1.29 is 22.7 Å². The summed E-state index contributed by atoms with van der Waals surface area (Å²) in [4.78, 5) is 19.3. The molecule has 0 saturated carbocycles. The summed E-state index contributed by atoms with van der Waals surface area (Å²) in [6.07, 6.45) is -1.11. The molecule has 4 aromatic rings. The van der Waals surface area contributed by atoms with Gasteiger partial charge in [0.05, 0.1) is 23.1 Å². The number of benzene rings is 2. The van der Waals surface area contributed by atoms with Crippen LogP contribution in [0, 0.1) is 12.8 Å². The Morgan fingerprint density at radius 3 is 2.62 bits per heavy atom. The highest BCUT2D eigenvalue weighted by Crippen LogP contribution is 2.37. The van der Waals surface area contributed by atoms with E-state index in [4.69, 9.17) is 4.42 Å². The van der Waals surface area contributed by atoms with E-state index in [0.29, 0.717) is 42.3 Å². The van der Waals surface area contributed by atoms with E-state index in [0.717, 1.165) is 28.3 Å². The highest BCUT2D eigenvalue weighted by Gasteiger charge is 2.36. The molecular weight excluding hydrogens is 511 g/mol. The van der Waals surface area contributed by atoms with Crippen LogP contribution in [-0.4, -0.2) is 46.1 Å².